The lowest BCUT2D eigenvalue weighted by molar-refractivity contribution is 0.481. The summed E-state index contributed by atoms with van der Waals surface area (Å²) in [6, 6.07) is 5.63. The highest BCUT2D eigenvalue weighted by Crippen LogP contribution is 2.32. The van der Waals surface area contributed by atoms with E-state index in [-0.39, 0.29) is 0 Å². The van der Waals surface area contributed by atoms with Gasteiger partial charge in [0.15, 0.2) is 0 Å². The van der Waals surface area contributed by atoms with Crippen molar-refractivity contribution >= 4 is 21.4 Å². The normalized spacial score (nSPS) is 10.8. The van der Waals surface area contributed by atoms with Gasteiger partial charge >= 0.3 is 0 Å². The van der Waals surface area contributed by atoms with Crippen LogP contribution < -0.4 is 5.32 Å². The van der Waals surface area contributed by atoms with Crippen molar-refractivity contribution in [3.8, 4) is 5.75 Å². The van der Waals surface area contributed by atoms with Gasteiger partial charge in [-0.2, -0.15) is 0 Å². The minimum atomic E-state index is 0.379. The molecule has 0 spiro atoms. The van der Waals surface area contributed by atoms with Gasteiger partial charge in [-0.05, 0) is 30.1 Å². The summed E-state index contributed by atoms with van der Waals surface area (Å²) in [5.41, 5.74) is 1.17. The molecule has 0 bridgehead atoms. The predicted molar refractivity (Wildman–Crippen MR) is 56.3 cm³/mol. The van der Waals surface area contributed by atoms with Crippen molar-refractivity contribution in [1.82, 2.24) is 5.32 Å². The third-order valence-electron chi connectivity index (χ3n) is 2.02. The summed E-state index contributed by atoms with van der Waals surface area (Å²) in [5, 5.41) is 15.8. The molecule has 68 valence electrons. The Morgan fingerprint density at radius 2 is 2.31 bits per heavy atom. The van der Waals surface area contributed by atoms with E-state index in [0.29, 0.717) is 5.75 Å². The maximum absolute atomic E-state index is 9.65. The number of hydrogen-bond acceptors (Lipinski definition) is 3. The Balaban J connectivity index is 2.64. The number of aromatic hydroxyl groups is 1. The van der Waals surface area contributed by atoms with Crippen LogP contribution in [-0.4, -0.2) is 12.2 Å². The fraction of sp³-hybridized carbons (Fsp3) is 0.200. The van der Waals surface area contributed by atoms with Crippen LogP contribution in [0.4, 0.5) is 0 Å². The molecule has 0 radical (unpaired) electrons. The summed E-state index contributed by atoms with van der Waals surface area (Å²) in [6.07, 6.45) is 0. The molecule has 0 unspecified atom stereocenters. The highest BCUT2D eigenvalue weighted by molar-refractivity contribution is 7.17. The van der Waals surface area contributed by atoms with E-state index in [9.17, 15) is 5.11 Å². The third-order valence-corrected chi connectivity index (χ3v) is 3.02. The molecule has 13 heavy (non-hydrogen) atoms. The molecule has 0 amide bonds. The van der Waals surface area contributed by atoms with E-state index in [2.05, 4.69) is 10.7 Å². The largest absolute Gasteiger partial charge is 0.507 e. The lowest BCUT2D eigenvalue weighted by Crippen LogP contribution is -2.03. The Kier molecular flexibility index (Phi) is 2.20. The Bertz CT molecular complexity index is 422. The first-order chi connectivity index (χ1) is 6.33. The molecular weight excluding hydrogens is 182 g/mol. The van der Waals surface area contributed by atoms with Gasteiger partial charge in [0.05, 0.1) is 0 Å². The van der Waals surface area contributed by atoms with Gasteiger partial charge in [-0.3, -0.25) is 0 Å². The molecule has 1 heterocycles. The molecule has 2 nitrogen and oxygen atoms in total. The summed E-state index contributed by atoms with van der Waals surface area (Å²) in [4.78, 5) is 0. The standard InChI is InChI=1S/C10H11NOS/c1-11-5-7-6-13-9-4-2-3-8(12)10(7)9/h2-4,6,11-12H,5H2,1H3. The van der Waals surface area contributed by atoms with Crippen LogP contribution in [0.25, 0.3) is 10.1 Å². The smallest absolute Gasteiger partial charge is 0.124 e. The van der Waals surface area contributed by atoms with E-state index >= 15 is 0 Å². The van der Waals surface area contributed by atoms with E-state index in [1.54, 1.807) is 17.4 Å². The molecule has 2 N–H and O–H groups in total. The molecule has 0 saturated carbocycles. The first kappa shape index (κ1) is 8.53. The van der Waals surface area contributed by atoms with Crippen molar-refractivity contribution in [3.05, 3.63) is 29.1 Å². The van der Waals surface area contributed by atoms with Gasteiger partial charge in [0.2, 0.25) is 0 Å². The monoisotopic (exact) mass is 193 g/mol. The molecule has 0 saturated heterocycles. The van der Waals surface area contributed by atoms with E-state index < -0.39 is 0 Å². The Morgan fingerprint density at radius 3 is 3.08 bits per heavy atom. The van der Waals surface area contributed by atoms with Crippen LogP contribution in [-0.2, 0) is 6.54 Å². The molecule has 2 aromatic rings. The minimum Gasteiger partial charge on any atom is -0.507 e. The van der Waals surface area contributed by atoms with Gasteiger partial charge in [-0.25, -0.2) is 0 Å². The fourth-order valence-electron chi connectivity index (χ4n) is 1.45. The zero-order chi connectivity index (χ0) is 9.26. The Morgan fingerprint density at radius 1 is 1.46 bits per heavy atom. The zero-order valence-corrected chi connectivity index (χ0v) is 8.19. The van der Waals surface area contributed by atoms with Crippen LogP contribution in [0.2, 0.25) is 0 Å². The second kappa shape index (κ2) is 3.36. The molecule has 3 heteroatoms. The maximum atomic E-state index is 9.65. The van der Waals surface area contributed by atoms with E-state index in [1.807, 2.05) is 19.2 Å². The Hall–Kier alpha value is -1.06. The second-order valence-electron chi connectivity index (χ2n) is 2.94. The molecule has 0 aliphatic rings. The van der Waals surface area contributed by atoms with Crippen molar-refractivity contribution in [2.45, 2.75) is 6.54 Å². The van der Waals surface area contributed by atoms with Gasteiger partial charge in [-0.1, -0.05) is 6.07 Å². The molecule has 0 atom stereocenters. The van der Waals surface area contributed by atoms with Crippen molar-refractivity contribution in [2.75, 3.05) is 7.05 Å². The van der Waals surface area contributed by atoms with Crippen LogP contribution in [0, 0.1) is 0 Å². The highest BCUT2D eigenvalue weighted by Gasteiger charge is 2.06. The van der Waals surface area contributed by atoms with Gasteiger partial charge in [0, 0.05) is 16.6 Å². The molecule has 1 aromatic carbocycles. The van der Waals surface area contributed by atoms with Gasteiger partial charge < -0.3 is 10.4 Å². The van der Waals surface area contributed by atoms with Crippen molar-refractivity contribution < 1.29 is 5.11 Å². The topological polar surface area (TPSA) is 32.3 Å². The summed E-state index contributed by atoms with van der Waals surface area (Å²) >= 11 is 1.67. The molecule has 0 fully saturated rings. The van der Waals surface area contributed by atoms with Crippen LogP contribution in [0.3, 0.4) is 0 Å². The lowest BCUT2D eigenvalue weighted by Gasteiger charge is -1.99. The van der Waals surface area contributed by atoms with Gasteiger partial charge in [0.1, 0.15) is 5.75 Å². The van der Waals surface area contributed by atoms with E-state index in [0.717, 1.165) is 16.6 Å². The van der Waals surface area contributed by atoms with Crippen molar-refractivity contribution in [3.63, 3.8) is 0 Å². The van der Waals surface area contributed by atoms with Crippen molar-refractivity contribution in [2.24, 2.45) is 0 Å². The fourth-order valence-corrected chi connectivity index (χ4v) is 2.44. The summed E-state index contributed by atoms with van der Waals surface area (Å²) in [6.45, 7) is 0.803. The first-order valence-corrected chi connectivity index (χ1v) is 5.03. The molecular formula is C10H11NOS. The number of fused-ring (bicyclic) bond motifs is 1. The molecule has 0 aliphatic heterocycles. The first-order valence-electron chi connectivity index (χ1n) is 4.15. The van der Waals surface area contributed by atoms with Crippen molar-refractivity contribution in [1.29, 1.82) is 0 Å². The molecule has 1 aromatic heterocycles. The summed E-state index contributed by atoms with van der Waals surface area (Å²) < 4.78 is 1.14. The SMILES string of the molecule is CNCc1csc2cccc(O)c12. The molecule has 2 rings (SSSR count). The van der Waals surface area contributed by atoms with Gasteiger partial charge in [-0.15, -0.1) is 11.3 Å². The number of thiophene rings is 1. The quantitative estimate of drug-likeness (QED) is 0.767. The third kappa shape index (κ3) is 1.41. The number of rotatable bonds is 2. The van der Waals surface area contributed by atoms with Crippen LogP contribution in [0.15, 0.2) is 23.6 Å². The minimum absolute atomic E-state index is 0.379. The highest BCUT2D eigenvalue weighted by atomic mass is 32.1. The average molecular weight is 193 g/mol. The predicted octanol–water partition coefficient (Wildman–Crippen LogP) is 2.33. The lowest BCUT2D eigenvalue weighted by atomic mass is 10.1. The average Bonchev–Trinajstić information content (AvgIpc) is 2.51. The number of phenols is 1. The molecule has 0 aliphatic carbocycles. The number of phenolic OH excluding ortho intramolecular Hbond substituents is 1. The summed E-state index contributed by atoms with van der Waals surface area (Å²) in [5.74, 6) is 0.379. The maximum Gasteiger partial charge on any atom is 0.124 e. The van der Waals surface area contributed by atoms with Crippen LogP contribution in [0.5, 0.6) is 5.75 Å². The number of nitrogens with one attached hydrogen (secondary N) is 1. The second-order valence-corrected chi connectivity index (χ2v) is 3.85. The number of benzene rings is 1. The van der Waals surface area contributed by atoms with Crippen LogP contribution in [0.1, 0.15) is 5.56 Å². The number of hydrogen-bond donors (Lipinski definition) is 2. The summed E-state index contributed by atoms with van der Waals surface area (Å²) in [7, 11) is 1.91. The van der Waals surface area contributed by atoms with E-state index in [4.69, 9.17) is 0 Å². The Labute approximate surface area is 80.8 Å². The van der Waals surface area contributed by atoms with Gasteiger partial charge in [0.25, 0.3) is 0 Å². The van der Waals surface area contributed by atoms with Crippen LogP contribution >= 0.6 is 11.3 Å². The van der Waals surface area contributed by atoms with E-state index in [1.165, 1.54) is 5.56 Å². The zero-order valence-electron chi connectivity index (χ0n) is 7.37.